The van der Waals surface area contributed by atoms with Gasteiger partial charge in [-0.3, -0.25) is 0 Å². The van der Waals surface area contributed by atoms with Crippen LogP contribution in [0.2, 0.25) is 0 Å². The molecule has 1 rings (SSSR count). The first kappa shape index (κ1) is 19.0. The molecular weight excluding hydrogens is 315 g/mol. The van der Waals surface area contributed by atoms with Gasteiger partial charge in [0.25, 0.3) is 0 Å². The minimum atomic E-state index is -4.58. The van der Waals surface area contributed by atoms with Gasteiger partial charge in [-0.15, -0.1) is 0 Å². The predicted molar refractivity (Wildman–Crippen MR) is 79.9 cm³/mol. The molecule has 3 nitrogen and oxygen atoms in total. The summed E-state index contributed by atoms with van der Waals surface area (Å²) in [5.41, 5.74) is -1.88. The largest absolute Gasteiger partial charge is 0.416 e. The fourth-order valence-corrected chi connectivity index (χ4v) is 4.08. The van der Waals surface area contributed by atoms with Crippen molar-refractivity contribution < 1.29 is 21.6 Å². The van der Waals surface area contributed by atoms with Gasteiger partial charge in [0.15, 0.2) is 0 Å². The van der Waals surface area contributed by atoms with Crippen LogP contribution < -0.4 is 4.72 Å². The molecule has 1 N–H and O–H groups in total. The Morgan fingerprint density at radius 2 is 1.59 bits per heavy atom. The van der Waals surface area contributed by atoms with Crippen LogP contribution in [-0.2, 0) is 16.2 Å². The Kier molecular flexibility index (Phi) is 5.04. The second-order valence-corrected chi connectivity index (χ2v) is 8.93. The quantitative estimate of drug-likeness (QED) is 0.895. The van der Waals surface area contributed by atoms with Crippen molar-refractivity contribution in [2.75, 3.05) is 0 Å². The Labute approximate surface area is 130 Å². The Morgan fingerprint density at radius 3 is 2.05 bits per heavy atom. The van der Waals surface area contributed by atoms with Crippen molar-refractivity contribution in [1.82, 2.24) is 4.72 Å². The number of nitrogens with one attached hydrogen (secondary N) is 1. The van der Waals surface area contributed by atoms with Crippen LogP contribution in [0.1, 0.15) is 46.6 Å². The molecule has 126 valence electrons. The molecule has 0 aliphatic rings. The molecule has 0 aliphatic carbocycles. The van der Waals surface area contributed by atoms with Crippen LogP contribution >= 0.6 is 0 Å². The molecule has 0 radical (unpaired) electrons. The molecule has 0 spiro atoms. The van der Waals surface area contributed by atoms with Crippen LogP contribution in [0.25, 0.3) is 0 Å². The van der Waals surface area contributed by atoms with Gasteiger partial charge in [0.2, 0.25) is 10.0 Å². The number of halogens is 3. The summed E-state index contributed by atoms with van der Waals surface area (Å²) in [7, 11) is -4.02. The highest BCUT2D eigenvalue weighted by molar-refractivity contribution is 7.89. The molecule has 1 aromatic carbocycles. The fourth-order valence-electron chi connectivity index (χ4n) is 2.62. The highest BCUT2D eigenvalue weighted by atomic mass is 32.2. The predicted octanol–water partition coefficient (Wildman–Crippen LogP) is 4.20. The molecule has 0 atom stereocenters. The maximum atomic E-state index is 12.7. The van der Waals surface area contributed by atoms with Crippen molar-refractivity contribution >= 4 is 10.0 Å². The van der Waals surface area contributed by atoms with E-state index in [0.717, 1.165) is 18.2 Å². The minimum absolute atomic E-state index is 0.125. The molecule has 0 aliphatic heterocycles. The monoisotopic (exact) mass is 337 g/mol. The van der Waals surface area contributed by atoms with Crippen molar-refractivity contribution in [2.24, 2.45) is 5.41 Å². The van der Waals surface area contributed by atoms with Crippen LogP contribution in [0.15, 0.2) is 29.2 Å². The zero-order valence-electron chi connectivity index (χ0n) is 13.4. The highest BCUT2D eigenvalue weighted by Gasteiger charge is 2.34. The van der Waals surface area contributed by atoms with Crippen molar-refractivity contribution in [1.29, 1.82) is 0 Å². The third kappa shape index (κ3) is 5.61. The van der Waals surface area contributed by atoms with E-state index in [2.05, 4.69) is 4.72 Å². The summed E-state index contributed by atoms with van der Waals surface area (Å²) in [6.45, 7) is 9.32. The zero-order valence-corrected chi connectivity index (χ0v) is 14.2. The summed E-state index contributed by atoms with van der Waals surface area (Å²) in [4.78, 5) is -0.385. The normalized spacial score (nSPS) is 14.2. The van der Waals surface area contributed by atoms with E-state index in [0.29, 0.717) is 12.5 Å². The van der Waals surface area contributed by atoms with E-state index in [4.69, 9.17) is 0 Å². The van der Waals surface area contributed by atoms with E-state index in [1.165, 1.54) is 0 Å². The Bertz CT molecular complexity index is 629. The maximum absolute atomic E-state index is 12.7. The lowest BCUT2D eigenvalue weighted by molar-refractivity contribution is -0.137. The molecule has 0 saturated heterocycles. The van der Waals surface area contributed by atoms with Crippen LogP contribution in [0.4, 0.5) is 13.2 Å². The van der Waals surface area contributed by atoms with Gasteiger partial charge in [-0.05, 0) is 43.9 Å². The Hall–Kier alpha value is -1.08. The molecule has 0 amide bonds. The van der Waals surface area contributed by atoms with Crippen molar-refractivity contribution in [3.05, 3.63) is 29.8 Å². The topological polar surface area (TPSA) is 46.2 Å². The maximum Gasteiger partial charge on any atom is 0.416 e. The van der Waals surface area contributed by atoms with E-state index in [9.17, 15) is 21.6 Å². The molecule has 0 unspecified atom stereocenters. The summed E-state index contributed by atoms with van der Waals surface area (Å²) in [6.07, 6.45) is -4.04. The smallest absolute Gasteiger partial charge is 0.207 e. The van der Waals surface area contributed by atoms with Crippen molar-refractivity contribution in [2.45, 2.75) is 57.7 Å². The zero-order chi connectivity index (χ0) is 17.4. The lowest BCUT2D eigenvalue weighted by Crippen LogP contribution is -2.45. The molecule has 0 saturated carbocycles. The first-order chi connectivity index (χ1) is 9.62. The second-order valence-electron chi connectivity index (χ2n) is 7.25. The molecule has 1 aromatic rings. The van der Waals surface area contributed by atoms with Crippen molar-refractivity contribution in [3.8, 4) is 0 Å². The standard InChI is InChI=1S/C15H22F3NO2S/c1-13(2,3)10-14(4,5)19-22(20,21)12-8-6-7-11(9-12)15(16,17)18/h6-9,19H,10H2,1-5H3. The summed E-state index contributed by atoms with van der Waals surface area (Å²) < 4.78 is 65.3. The Morgan fingerprint density at radius 1 is 1.05 bits per heavy atom. The van der Waals surface area contributed by atoms with E-state index in [1.807, 2.05) is 20.8 Å². The van der Waals surface area contributed by atoms with E-state index in [1.54, 1.807) is 13.8 Å². The summed E-state index contributed by atoms with van der Waals surface area (Å²) >= 11 is 0. The van der Waals surface area contributed by atoms with Gasteiger partial charge >= 0.3 is 6.18 Å². The second kappa shape index (κ2) is 5.85. The first-order valence-corrected chi connectivity index (χ1v) is 8.32. The molecule has 0 fully saturated rings. The third-order valence-electron chi connectivity index (χ3n) is 2.85. The Balaban J connectivity index is 3.10. The molecule has 22 heavy (non-hydrogen) atoms. The summed E-state index contributed by atoms with van der Waals surface area (Å²) in [6, 6.07) is 3.74. The van der Waals surface area contributed by atoms with Gasteiger partial charge in [0.05, 0.1) is 10.5 Å². The van der Waals surface area contributed by atoms with E-state index < -0.39 is 27.3 Å². The summed E-state index contributed by atoms with van der Waals surface area (Å²) in [5, 5.41) is 0. The number of hydrogen-bond acceptors (Lipinski definition) is 2. The number of rotatable bonds is 4. The first-order valence-electron chi connectivity index (χ1n) is 6.84. The molecule has 0 aromatic heterocycles. The van der Waals surface area contributed by atoms with Gasteiger partial charge < -0.3 is 0 Å². The fraction of sp³-hybridized carbons (Fsp3) is 0.600. The van der Waals surface area contributed by atoms with Crippen molar-refractivity contribution in [3.63, 3.8) is 0 Å². The molecular formula is C15H22F3NO2S. The average molecular weight is 337 g/mol. The third-order valence-corrected chi connectivity index (χ3v) is 4.55. The lowest BCUT2D eigenvalue weighted by atomic mass is 9.82. The number of benzene rings is 1. The molecule has 0 heterocycles. The molecule has 7 heteroatoms. The van der Waals surface area contributed by atoms with Gasteiger partial charge in [-0.25, -0.2) is 13.1 Å². The van der Waals surface area contributed by atoms with Gasteiger partial charge in [-0.2, -0.15) is 13.2 Å². The summed E-state index contributed by atoms with van der Waals surface area (Å²) in [5.74, 6) is 0. The van der Waals surface area contributed by atoms with Gasteiger partial charge in [-0.1, -0.05) is 26.8 Å². The van der Waals surface area contributed by atoms with Crippen LogP contribution in [0.3, 0.4) is 0 Å². The molecule has 0 bridgehead atoms. The van der Waals surface area contributed by atoms with Gasteiger partial charge in [0, 0.05) is 5.54 Å². The van der Waals surface area contributed by atoms with E-state index in [-0.39, 0.29) is 10.3 Å². The number of sulfonamides is 1. The minimum Gasteiger partial charge on any atom is -0.207 e. The average Bonchev–Trinajstić information content (AvgIpc) is 2.22. The van der Waals surface area contributed by atoms with Crippen LogP contribution in [0.5, 0.6) is 0 Å². The van der Waals surface area contributed by atoms with Gasteiger partial charge in [0.1, 0.15) is 0 Å². The highest BCUT2D eigenvalue weighted by Crippen LogP contribution is 2.31. The number of alkyl halides is 3. The number of hydrogen-bond donors (Lipinski definition) is 1. The van der Waals surface area contributed by atoms with E-state index >= 15 is 0 Å². The SMILES string of the molecule is CC(C)(C)CC(C)(C)NS(=O)(=O)c1cccc(C(F)(F)F)c1. The van der Waals surface area contributed by atoms with Crippen LogP contribution in [0, 0.1) is 5.41 Å². The van der Waals surface area contributed by atoms with Crippen LogP contribution in [-0.4, -0.2) is 14.0 Å². The lowest BCUT2D eigenvalue weighted by Gasteiger charge is -2.33.